The minimum Gasteiger partial charge on any atom is -0.396 e. The predicted molar refractivity (Wildman–Crippen MR) is 39.3 cm³/mol. The maximum atomic E-state index is 8.59. The van der Waals surface area contributed by atoms with E-state index < -0.39 is 0 Å². The van der Waals surface area contributed by atoms with Gasteiger partial charge in [0.15, 0.2) is 0 Å². The highest BCUT2D eigenvalue weighted by Crippen LogP contribution is 1.87. The normalized spacial score (nSPS) is 12.5. The van der Waals surface area contributed by atoms with Crippen LogP contribution in [0.25, 0.3) is 0 Å². The minimum atomic E-state index is 0.208. The average molecular weight is 142 g/mol. The molecule has 58 valence electrons. The molecule has 0 aromatic rings. The molecular weight excluding hydrogens is 128 g/mol. The van der Waals surface area contributed by atoms with Crippen LogP contribution in [0.15, 0.2) is 0 Å². The molecule has 0 aromatic carbocycles. The van der Waals surface area contributed by atoms with Gasteiger partial charge in [0.25, 0.3) is 0 Å². The Bertz CT molecular complexity index is 109. The lowest BCUT2D eigenvalue weighted by atomic mass is 10.2. The number of nitriles is 1. The Labute approximate surface area is 61.7 Å². The Morgan fingerprint density at radius 1 is 1.70 bits per heavy atom. The summed E-state index contributed by atoms with van der Waals surface area (Å²) in [6, 6.07) is 2.03. The van der Waals surface area contributed by atoms with Gasteiger partial charge in [-0.1, -0.05) is 6.92 Å². The second-order valence-electron chi connectivity index (χ2n) is 2.40. The summed E-state index contributed by atoms with van der Waals surface area (Å²) >= 11 is 0. The molecule has 2 N–H and O–H groups in total. The van der Waals surface area contributed by atoms with Gasteiger partial charge in [-0.05, 0) is 12.5 Å². The fraction of sp³-hybridized carbons (Fsp3) is 0.857. The number of rotatable bonds is 5. The van der Waals surface area contributed by atoms with Crippen molar-refractivity contribution in [3.63, 3.8) is 0 Å². The highest BCUT2D eigenvalue weighted by molar-refractivity contribution is 4.70. The van der Waals surface area contributed by atoms with Gasteiger partial charge in [-0.3, -0.25) is 0 Å². The second kappa shape index (κ2) is 6.53. The molecule has 1 unspecified atom stereocenters. The third-order valence-corrected chi connectivity index (χ3v) is 1.22. The van der Waals surface area contributed by atoms with Crippen molar-refractivity contribution >= 4 is 0 Å². The van der Waals surface area contributed by atoms with Gasteiger partial charge in [-0.2, -0.15) is 5.26 Å². The van der Waals surface area contributed by atoms with Gasteiger partial charge in [0.2, 0.25) is 0 Å². The molecule has 0 saturated carbocycles. The maximum Gasteiger partial charge on any atom is 0.0635 e. The topological polar surface area (TPSA) is 56.0 Å². The molecule has 0 radical (unpaired) electrons. The molecule has 1 atom stereocenters. The van der Waals surface area contributed by atoms with Crippen LogP contribution < -0.4 is 5.32 Å². The minimum absolute atomic E-state index is 0.208. The Morgan fingerprint density at radius 2 is 2.40 bits per heavy atom. The van der Waals surface area contributed by atoms with Crippen molar-refractivity contribution < 1.29 is 5.11 Å². The van der Waals surface area contributed by atoms with Gasteiger partial charge in [0.1, 0.15) is 0 Å². The van der Waals surface area contributed by atoms with E-state index in [-0.39, 0.29) is 6.61 Å². The molecule has 3 heteroatoms. The quantitative estimate of drug-likeness (QED) is 0.536. The highest BCUT2D eigenvalue weighted by Gasteiger charge is 1.96. The zero-order chi connectivity index (χ0) is 7.82. The van der Waals surface area contributed by atoms with E-state index in [0.717, 1.165) is 13.1 Å². The third kappa shape index (κ3) is 5.54. The summed E-state index contributed by atoms with van der Waals surface area (Å²) in [5, 5.41) is 19.8. The van der Waals surface area contributed by atoms with Crippen molar-refractivity contribution in [2.24, 2.45) is 5.92 Å². The Kier molecular flexibility index (Phi) is 6.14. The molecule has 0 aromatic heterocycles. The first-order valence-corrected chi connectivity index (χ1v) is 3.49. The van der Waals surface area contributed by atoms with Crippen LogP contribution in [-0.2, 0) is 0 Å². The van der Waals surface area contributed by atoms with Gasteiger partial charge in [0, 0.05) is 19.6 Å². The Balaban J connectivity index is 2.98. The smallest absolute Gasteiger partial charge is 0.0635 e. The number of nitrogens with zero attached hydrogens (tertiary/aromatic N) is 1. The van der Waals surface area contributed by atoms with Crippen molar-refractivity contribution in [1.29, 1.82) is 5.26 Å². The van der Waals surface area contributed by atoms with E-state index in [9.17, 15) is 0 Å². The monoisotopic (exact) mass is 142 g/mol. The molecule has 0 heterocycles. The fourth-order valence-electron chi connectivity index (χ4n) is 0.557. The van der Waals surface area contributed by atoms with E-state index in [1.54, 1.807) is 0 Å². The number of hydrogen-bond donors (Lipinski definition) is 2. The van der Waals surface area contributed by atoms with Gasteiger partial charge < -0.3 is 10.4 Å². The van der Waals surface area contributed by atoms with E-state index in [0.29, 0.717) is 12.3 Å². The average Bonchev–Trinajstić information content (AvgIpc) is 1.98. The van der Waals surface area contributed by atoms with Crippen LogP contribution in [0.1, 0.15) is 13.3 Å². The van der Waals surface area contributed by atoms with Crippen molar-refractivity contribution in [3.8, 4) is 6.07 Å². The molecule has 0 fully saturated rings. The number of aliphatic hydroxyl groups is 1. The standard InChI is InChI=1S/C7H14N2O/c1-7(6-10)5-9-4-2-3-8/h7,9-10H,2,4-6H2,1H3. The van der Waals surface area contributed by atoms with E-state index in [1.165, 1.54) is 0 Å². The van der Waals surface area contributed by atoms with Gasteiger partial charge in [0.05, 0.1) is 6.07 Å². The highest BCUT2D eigenvalue weighted by atomic mass is 16.3. The summed E-state index contributed by atoms with van der Waals surface area (Å²) in [4.78, 5) is 0. The molecule has 10 heavy (non-hydrogen) atoms. The fourth-order valence-corrected chi connectivity index (χ4v) is 0.557. The van der Waals surface area contributed by atoms with Crippen LogP contribution in [0.3, 0.4) is 0 Å². The lowest BCUT2D eigenvalue weighted by Gasteiger charge is -2.06. The Hall–Kier alpha value is -0.590. The molecule has 0 aliphatic rings. The Morgan fingerprint density at radius 3 is 2.90 bits per heavy atom. The number of aliphatic hydroxyl groups excluding tert-OH is 1. The lowest BCUT2D eigenvalue weighted by Crippen LogP contribution is -2.23. The first-order valence-electron chi connectivity index (χ1n) is 3.49. The first-order chi connectivity index (χ1) is 4.81. The molecule has 0 spiro atoms. The molecule has 0 saturated heterocycles. The van der Waals surface area contributed by atoms with Gasteiger partial charge in [-0.15, -0.1) is 0 Å². The third-order valence-electron chi connectivity index (χ3n) is 1.22. The van der Waals surface area contributed by atoms with Crippen molar-refractivity contribution in [3.05, 3.63) is 0 Å². The molecular formula is C7H14N2O. The predicted octanol–water partition coefficient (Wildman–Crippen LogP) is 0.118. The molecule has 0 aliphatic heterocycles. The van der Waals surface area contributed by atoms with E-state index in [2.05, 4.69) is 5.32 Å². The second-order valence-corrected chi connectivity index (χ2v) is 2.40. The molecule has 3 nitrogen and oxygen atoms in total. The number of nitrogens with one attached hydrogen (secondary N) is 1. The summed E-state index contributed by atoms with van der Waals surface area (Å²) in [7, 11) is 0. The van der Waals surface area contributed by atoms with E-state index >= 15 is 0 Å². The first kappa shape index (κ1) is 9.41. The lowest BCUT2D eigenvalue weighted by molar-refractivity contribution is 0.234. The largest absolute Gasteiger partial charge is 0.396 e. The van der Waals surface area contributed by atoms with Crippen LogP contribution in [-0.4, -0.2) is 24.8 Å². The van der Waals surface area contributed by atoms with E-state index in [1.807, 2.05) is 13.0 Å². The molecule has 0 rings (SSSR count). The van der Waals surface area contributed by atoms with Crippen LogP contribution in [0.2, 0.25) is 0 Å². The van der Waals surface area contributed by atoms with Crippen molar-refractivity contribution in [1.82, 2.24) is 5.32 Å². The van der Waals surface area contributed by atoms with Crippen LogP contribution in [0.4, 0.5) is 0 Å². The summed E-state index contributed by atoms with van der Waals surface area (Å²) in [6.07, 6.45) is 0.540. The zero-order valence-corrected chi connectivity index (χ0v) is 6.30. The maximum absolute atomic E-state index is 8.59. The SMILES string of the molecule is CC(CO)CNCCC#N. The number of hydrogen-bond acceptors (Lipinski definition) is 3. The van der Waals surface area contributed by atoms with Crippen molar-refractivity contribution in [2.45, 2.75) is 13.3 Å². The van der Waals surface area contributed by atoms with Crippen LogP contribution in [0.5, 0.6) is 0 Å². The molecule has 0 bridgehead atoms. The van der Waals surface area contributed by atoms with E-state index in [4.69, 9.17) is 10.4 Å². The van der Waals surface area contributed by atoms with Gasteiger partial charge in [-0.25, -0.2) is 0 Å². The molecule has 0 amide bonds. The van der Waals surface area contributed by atoms with Crippen LogP contribution in [0, 0.1) is 17.2 Å². The van der Waals surface area contributed by atoms with Crippen molar-refractivity contribution in [2.75, 3.05) is 19.7 Å². The molecule has 0 aliphatic carbocycles. The summed E-state index contributed by atoms with van der Waals surface area (Å²) in [5.41, 5.74) is 0. The van der Waals surface area contributed by atoms with Gasteiger partial charge >= 0.3 is 0 Å². The zero-order valence-electron chi connectivity index (χ0n) is 6.30. The van der Waals surface area contributed by atoms with Crippen LogP contribution >= 0.6 is 0 Å². The summed E-state index contributed by atoms with van der Waals surface area (Å²) in [6.45, 7) is 3.68. The summed E-state index contributed by atoms with van der Waals surface area (Å²) in [5.74, 6) is 0.290. The summed E-state index contributed by atoms with van der Waals surface area (Å²) < 4.78 is 0.